The Hall–Kier alpha value is -1.81. The summed E-state index contributed by atoms with van der Waals surface area (Å²) in [4.78, 5) is 15.2. The van der Waals surface area contributed by atoms with Crippen molar-refractivity contribution in [2.45, 2.75) is 19.4 Å². The molecule has 0 aliphatic rings. The van der Waals surface area contributed by atoms with Crippen molar-refractivity contribution < 1.29 is 4.79 Å². The highest BCUT2D eigenvalue weighted by atomic mass is 16.1. The normalized spacial score (nSPS) is 12.6. The number of aromatic amines is 1. The molecule has 4 nitrogen and oxygen atoms in total. The summed E-state index contributed by atoms with van der Waals surface area (Å²) >= 11 is 0. The number of H-pyrrole nitrogens is 1. The average molecular weight is 231 g/mol. The van der Waals surface area contributed by atoms with Crippen molar-refractivity contribution in [1.29, 1.82) is 0 Å². The van der Waals surface area contributed by atoms with Gasteiger partial charge in [-0.25, -0.2) is 0 Å². The van der Waals surface area contributed by atoms with Crippen molar-refractivity contribution >= 4 is 16.8 Å². The van der Waals surface area contributed by atoms with Crippen LogP contribution in [0.3, 0.4) is 0 Å². The Kier molecular flexibility index (Phi) is 3.44. The number of nitrogens with one attached hydrogen (secondary N) is 2. The lowest BCUT2D eigenvalue weighted by atomic mass is 10.1. The molecule has 90 valence electrons. The summed E-state index contributed by atoms with van der Waals surface area (Å²) in [6.07, 6.45) is 2.67. The largest absolute Gasteiger partial charge is 0.361 e. The fourth-order valence-corrected chi connectivity index (χ4v) is 1.87. The molecular formula is C13H17N3O. The van der Waals surface area contributed by atoms with Gasteiger partial charge in [0.15, 0.2) is 0 Å². The molecule has 1 atom stereocenters. The second kappa shape index (κ2) is 5.01. The van der Waals surface area contributed by atoms with Crippen LogP contribution in [0.15, 0.2) is 30.5 Å². The number of benzene rings is 1. The first-order chi connectivity index (χ1) is 8.26. The molecule has 1 aromatic carbocycles. The summed E-state index contributed by atoms with van der Waals surface area (Å²) in [7, 11) is 0. The minimum Gasteiger partial charge on any atom is -0.361 e. The van der Waals surface area contributed by atoms with Gasteiger partial charge in [0, 0.05) is 35.2 Å². The first kappa shape index (κ1) is 11.7. The number of rotatable bonds is 4. The van der Waals surface area contributed by atoms with E-state index in [0.29, 0.717) is 12.1 Å². The van der Waals surface area contributed by atoms with E-state index in [2.05, 4.69) is 10.3 Å². The van der Waals surface area contributed by atoms with Gasteiger partial charge in [-0.1, -0.05) is 13.0 Å². The van der Waals surface area contributed by atoms with Gasteiger partial charge in [0.05, 0.1) is 0 Å². The summed E-state index contributed by atoms with van der Waals surface area (Å²) in [5.41, 5.74) is 7.24. The summed E-state index contributed by atoms with van der Waals surface area (Å²) < 4.78 is 0. The van der Waals surface area contributed by atoms with Crippen LogP contribution in [0.25, 0.3) is 10.9 Å². The Morgan fingerprint density at radius 1 is 1.47 bits per heavy atom. The monoisotopic (exact) mass is 231 g/mol. The highest BCUT2D eigenvalue weighted by Gasteiger charge is 2.13. The zero-order chi connectivity index (χ0) is 12.3. The van der Waals surface area contributed by atoms with Crippen molar-refractivity contribution in [3.63, 3.8) is 0 Å². The molecule has 1 heterocycles. The molecule has 0 saturated carbocycles. The van der Waals surface area contributed by atoms with Crippen molar-refractivity contribution in [3.8, 4) is 0 Å². The number of hydrogen-bond donors (Lipinski definition) is 3. The van der Waals surface area contributed by atoms with E-state index in [1.165, 1.54) is 0 Å². The molecule has 1 amide bonds. The third kappa shape index (κ3) is 2.31. The van der Waals surface area contributed by atoms with Gasteiger partial charge in [0.25, 0.3) is 5.91 Å². The SMILES string of the molecule is CCC(CN)NC(=O)c1cccc2[nH]ccc12. The molecule has 4 heteroatoms. The fraction of sp³-hybridized carbons (Fsp3) is 0.308. The maximum atomic E-state index is 12.1. The van der Waals surface area contributed by atoms with Crippen LogP contribution in [-0.2, 0) is 0 Å². The molecule has 0 saturated heterocycles. The quantitative estimate of drug-likeness (QED) is 0.748. The lowest BCUT2D eigenvalue weighted by Crippen LogP contribution is -2.39. The molecule has 1 unspecified atom stereocenters. The van der Waals surface area contributed by atoms with Crippen LogP contribution in [0.5, 0.6) is 0 Å². The van der Waals surface area contributed by atoms with Crippen molar-refractivity contribution in [3.05, 3.63) is 36.0 Å². The Morgan fingerprint density at radius 3 is 3.00 bits per heavy atom. The van der Waals surface area contributed by atoms with Crippen molar-refractivity contribution in [2.75, 3.05) is 6.54 Å². The van der Waals surface area contributed by atoms with Crippen LogP contribution >= 0.6 is 0 Å². The number of fused-ring (bicyclic) bond motifs is 1. The number of nitrogens with two attached hydrogens (primary N) is 1. The Bertz CT molecular complexity index is 514. The molecule has 0 spiro atoms. The highest BCUT2D eigenvalue weighted by molar-refractivity contribution is 6.06. The number of carbonyl (C=O) groups excluding carboxylic acids is 1. The van der Waals surface area contributed by atoms with Crippen LogP contribution in [-0.4, -0.2) is 23.5 Å². The van der Waals surface area contributed by atoms with Crippen LogP contribution in [0.2, 0.25) is 0 Å². The first-order valence-electron chi connectivity index (χ1n) is 5.83. The molecule has 0 fully saturated rings. The second-order valence-electron chi connectivity index (χ2n) is 4.06. The topological polar surface area (TPSA) is 70.9 Å². The van der Waals surface area contributed by atoms with Gasteiger partial charge in [-0.2, -0.15) is 0 Å². The highest BCUT2D eigenvalue weighted by Crippen LogP contribution is 2.17. The van der Waals surface area contributed by atoms with Crippen LogP contribution in [0.4, 0.5) is 0 Å². The average Bonchev–Trinajstić information content (AvgIpc) is 2.83. The Balaban J connectivity index is 2.27. The molecule has 17 heavy (non-hydrogen) atoms. The number of hydrogen-bond acceptors (Lipinski definition) is 2. The molecule has 2 aromatic rings. The zero-order valence-corrected chi connectivity index (χ0v) is 9.86. The molecule has 0 aliphatic carbocycles. The van der Waals surface area contributed by atoms with E-state index in [1.807, 2.05) is 37.4 Å². The molecule has 0 aliphatic heterocycles. The minimum atomic E-state index is -0.0625. The van der Waals surface area contributed by atoms with E-state index in [9.17, 15) is 4.79 Å². The van der Waals surface area contributed by atoms with Gasteiger partial charge in [0.2, 0.25) is 0 Å². The summed E-state index contributed by atoms with van der Waals surface area (Å²) in [6.45, 7) is 2.47. The van der Waals surface area contributed by atoms with E-state index in [-0.39, 0.29) is 11.9 Å². The van der Waals surface area contributed by atoms with Gasteiger partial charge in [-0.15, -0.1) is 0 Å². The third-order valence-corrected chi connectivity index (χ3v) is 2.95. The standard InChI is InChI=1S/C13H17N3O/c1-2-9(8-14)16-13(17)11-4-3-5-12-10(11)6-7-15-12/h3-7,9,15H,2,8,14H2,1H3,(H,16,17). The van der Waals surface area contributed by atoms with Gasteiger partial charge in [-0.05, 0) is 24.6 Å². The molecule has 0 radical (unpaired) electrons. The molecule has 4 N–H and O–H groups in total. The van der Waals surface area contributed by atoms with Crippen molar-refractivity contribution in [1.82, 2.24) is 10.3 Å². The molecular weight excluding hydrogens is 214 g/mol. The Labute approximate surface area is 100 Å². The summed E-state index contributed by atoms with van der Waals surface area (Å²) in [6, 6.07) is 7.60. The number of amides is 1. The lowest BCUT2D eigenvalue weighted by molar-refractivity contribution is 0.0939. The summed E-state index contributed by atoms with van der Waals surface area (Å²) in [5.74, 6) is -0.0625. The van der Waals surface area contributed by atoms with Crippen LogP contribution < -0.4 is 11.1 Å². The van der Waals surface area contributed by atoms with Gasteiger partial charge >= 0.3 is 0 Å². The van der Waals surface area contributed by atoms with Crippen LogP contribution in [0.1, 0.15) is 23.7 Å². The van der Waals surface area contributed by atoms with E-state index in [4.69, 9.17) is 5.73 Å². The van der Waals surface area contributed by atoms with Crippen molar-refractivity contribution in [2.24, 2.45) is 5.73 Å². The predicted octanol–water partition coefficient (Wildman–Crippen LogP) is 1.63. The maximum absolute atomic E-state index is 12.1. The van der Waals surface area contributed by atoms with Gasteiger partial charge < -0.3 is 16.0 Å². The number of carbonyl (C=O) groups is 1. The van der Waals surface area contributed by atoms with Gasteiger partial charge in [-0.3, -0.25) is 4.79 Å². The third-order valence-electron chi connectivity index (χ3n) is 2.95. The van der Waals surface area contributed by atoms with E-state index in [0.717, 1.165) is 17.3 Å². The number of aromatic nitrogens is 1. The second-order valence-corrected chi connectivity index (χ2v) is 4.06. The first-order valence-corrected chi connectivity index (χ1v) is 5.83. The fourth-order valence-electron chi connectivity index (χ4n) is 1.87. The molecule has 2 rings (SSSR count). The summed E-state index contributed by atoms with van der Waals surface area (Å²) in [5, 5.41) is 3.88. The van der Waals surface area contributed by atoms with Crippen LogP contribution in [0, 0.1) is 0 Å². The lowest BCUT2D eigenvalue weighted by Gasteiger charge is -2.14. The smallest absolute Gasteiger partial charge is 0.252 e. The van der Waals surface area contributed by atoms with Gasteiger partial charge in [0.1, 0.15) is 0 Å². The maximum Gasteiger partial charge on any atom is 0.252 e. The molecule has 0 bridgehead atoms. The van der Waals surface area contributed by atoms with E-state index in [1.54, 1.807) is 0 Å². The van der Waals surface area contributed by atoms with E-state index < -0.39 is 0 Å². The Morgan fingerprint density at radius 2 is 2.29 bits per heavy atom. The predicted molar refractivity (Wildman–Crippen MR) is 68.9 cm³/mol. The zero-order valence-electron chi connectivity index (χ0n) is 9.86. The minimum absolute atomic E-state index is 0.0386. The van der Waals surface area contributed by atoms with E-state index >= 15 is 0 Å². The molecule has 1 aromatic heterocycles.